The van der Waals surface area contributed by atoms with Crippen molar-refractivity contribution in [3.63, 3.8) is 0 Å². The summed E-state index contributed by atoms with van der Waals surface area (Å²) in [5.41, 5.74) is 2.01. The summed E-state index contributed by atoms with van der Waals surface area (Å²) in [5, 5.41) is 2.83. The van der Waals surface area contributed by atoms with E-state index in [-0.39, 0.29) is 16.9 Å². The Hall–Kier alpha value is -2.63. The number of nitrogens with one attached hydrogen (secondary N) is 1. The Morgan fingerprint density at radius 3 is 2.54 bits per heavy atom. The van der Waals surface area contributed by atoms with Crippen molar-refractivity contribution in [2.45, 2.75) is 32.1 Å². The Balaban J connectivity index is 2.37. The summed E-state index contributed by atoms with van der Waals surface area (Å²) in [6, 6.07) is 5.35. The zero-order valence-electron chi connectivity index (χ0n) is 14.3. The third kappa shape index (κ3) is 3.64. The molecule has 0 radical (unpaired) electrons. The molecule has 1 aliphatic carbocycles. The monoisotopic (exact) mass is 331 g/mol. The molecule has 1 aromatic rings. The quantitative estimate of drug-likeness (QED) is 0.674. The van der Waals surface area contributed by atoms with Gasteiger partial charge in [-0.05, 0) is 29.5 Å². The molecule has 0 saturated heterocycles. The lowest BCUT2D eigenvalue weighted by Gasteiger charge is -2.32. The van der Waals surface area contributed by atoms with Crippen molar-refractivity contribution in [1.29, 1.82) is 0 Å². The van der Waals surface area contributed by atoms with Gasteiger partial charge in [0, 0.05) is 17.7 Å². The van der Waals surface area contributed by atoms with Crippen LogP contribution >= 0.6 is 0 Å². The number of rotatable bonds is 4. The number of fused-ring (bicyclic) bond motifs is 1. The van der Waals surface area contributed by atoms with Crippen LogP contribution in [-0.2, 0) is 24.5 Å². The molecule has 2 rings (SSSR count). The minimum Gasteiger partial charge on any atom is -0.466 e. The molecule has 6 nitrogen and oxygen atoms in total. The zero-order valence-corrected chi connectivity index (χ0v) is 14.3. The fourth-order valence-electron chi connectivity index (χ4n) is 2.73. The number of benzene rings is 1. The molecule has 0 fully saturated rings. The number of esters is 2. The van der Waals surface area contributed by atoms with Gasteiger partial charge in [-0.15, -0.1) is 0 Å². The third-order valence-electron chi connectivity index (χ3n) is 4.17. The number of ketones is 1. The summed E-state index contributed by atoms with van der Waals surface area (Å²) >= 11 is 0. The lowest BCUT2D eigenvalue weighted by Crippen LogP contribution is -2.27. The van der Waals surface area contributed by atoms with E-state index in [2.05, 4.69) is 28.6 Å². The molecule has 0 bridgehead atoms. The highest BCUT2D eigenvalue weighted by atomic mass is 16.5. The Labute approximate surface area is 140 Å². The van der Waals surface area contributed by atoms with Gasteiger partial charge in [-0.3, -0.25) is 4.79 Å². The molecule has 1 N–H and O–H groups in total. The normalized spacial score (nSPS) is 16.2. The van der Waals surface area contributed by atoms with Crippen molar-refractivity contribution >= 4 is 23.4 Å². The van der Waals surface area contributed by atoms with Crippen molar-refractivity contribution < 1.29 is 23.9 Å². The number of Topliss-reactive ketones (excluding diaryl/α,β-unsaturated/α-hetero) is 1. The number of methoxy groups -OCH3 is 2. The van der Waals surface area contributed by atoms with Crippen LogP contribution in [0.15, 0.2) is 30.0 Å². The highest BCUT2D eigenvalue weighted by molar-refractivity contribution is 6.01. The van der Waals surface area contributed by atoms with Crippen LogP contribution in [0.25, 0.3) is 0 Å². The van der Waals surface area contributed by atoms with Crippen LogP contribution in [-0.4, -0.2) is 31.9 Å². The largest absolute Gasteiger partial charge is 0.466 e. The van der Waals surface area contributed by atoms with Crippen LogP contribution in [0.3, 0.4) is 0 Å². The van der Waals surface area contributed by atoms with E-state index in [4.69, 9.17) is 0 Å². The number of ether oxygens (including phenoxy) is 2. The van der Waals surface area contributed by atoms with Crippen molar-refractivity contribution in [2.24, 2.45) is 0 Å². The van der Waals surface area contributed by atoms with Crippen LogP contribution < -0.4 is 5.32 Å². The Kier molecular flexibility index (Phi) is 5.07. The number of hydrogen-bond donors (Lipinski definition) is 1. The van der Waals surface area contributed by atoms with Crippen molar-refractivity contribution in [3.8, 4) is 0 Å². The maximum absolute atomic E-state index is 12.2. The van der Waals surface area contributed by atoms with Gasteiger partial charge in [0.2, 0.25) is 0 Å². The van der Waals surface area contributed by atoms with Crippen LogP contribution in [0.5, 0.6) is 0 Å². The van der Waals surface area contributed by atoms with Crippen molar-refractivity contribution in [2.75, 3.05) is 19.5 Å². The van der Waals surface area contributed by atoms with Gasteiger partial charge in [0.1, 0.15) is 5.70 Å². The summed E-state index contributed by atoms with van der Waals surface area (Å²) in [5.74, 6) is -1.31. The molecule has 0 atom stereocenters. The van der Waals surface area contributed by atoms with E-state index in [1.54, 1.807) is 12.1 Å². The predicted octanol–water partition coefficient (Wildman–Crippen LogP) is 2.58. The van der Waals surface area contributed by atoms with E-state index in [9.17, 15) is 14.4 Å². The van der Waals surface area contributed by atoms with Gasteiger partial charge in [-0.25, -0.2) is 9.59 Å². The van der Waals surface area contributed by atoms with Gasteiger partial charge < -0.3 is 14.8 Å². The third-order valence-corrected chi connectivity index (χ3v) is 4.17. The molecule has 128 valence electrons. The average Bonchev–Trinajstić information content (AvgIpc) is 2.57. The predicted molar refractivity (Wildman–Crippen MR) is 88.8 cm³/mol. The van der Waals surface area contributed by atoms with E-state index in [0.29, 0.717) is 17.7 Å². The maximum Gasteiger partial charge on any atom is 0.354 e. The molecule has 0 aromatic heterocycles. The van der Waals surface area contributed by atoms with E-state index in [1.807, 2.05) is 6.07 Å². The first kappa shape index (κ1) is 17.7. The lowest BCUT2D eigenvalue weighted by molar-refractivity contribution is -0.138. The molecular formula is C18H21NO5. The smallest absolute Gasteiger partial charge is 0.354 e. The molecule has 0 amide bonds. The first-order valence-electron chi connectivity index (χ1n) is 7.61. The Morgan fingerprint density at radius 1 is 1.21 bits per heavy atom. The minimum absolute atomic E-state index is 0.0631. The molecule has 0 unspecified atom stereocenters. The summed E-state index contributed by atoms with van der Waals surface area (Å²) in [4.78, 5) is 35.4. The van der Waals surface area contributed by atoms with Crippen LogP contribution in [0.1, 0.15) is 42.6 Å². The topological polar surface area (TPSA) is 81.7 Å². The lowest BCUT2D eigenvalue weighted by atomic mass is 9.72. The average molecular weight is 331 g/mol. The molecule has 0 aliphatic heterocycles. The van der Waals surface area contributed by atoms with E-state index < -0.39 is 11.9 Å². The first-order chi connectivity index (χ1) is 11.3. The van der Waals surface area contributed by atoms with Crippen LogP contribution in [0.4, 0.5) is 5.69 Å². The highest BCUT2D eigenvalue weighted by Crippen LogP contribution is 2.37. The molecule has 0 heterocycles. The van der Waals surface area contributed by atoms with E-state index >= 15 is 0 Å². The number of carbonyl (C=O) groups is 3. The van der Waals surface area contributed by atoms with E-state index in [0.717, 1.165) is 18.1 Å². The number of hydrogen-bond acceptors (Lipinski definition) is 6. The highest BCUT2D eigenvalue weighted by Gasteiger charge is 2.31. The van der Waals surface area contributed by atoms with Crippen LogP contribution in [0, 0.1) is 0 Å². The van der Waals surface area contributed by atoms with E-state index in [1.165, 1.54) is 14.2 Å². The first-order valence-corrected chi connectivity index (χ1v) is 7.61. The maximum atomic E-state index is 12.2. The summed E-state index contributed by atoms with van der Waals surface area (Å²) < 4.78 is 9.18. The van der Waals surface area contributed by atoms with Crippen molar-refractivity contribution in [3.05, 3.63) is 41.1 Å². The minimum atomic E-state index is -0.704. The Morgan fingerprint density at radius 2 is 1.92 bits per heavy atom. The summed E-state index contributed by atoms with van der Waals surface area (Å²) in [6.45, 7) is 4.20. The molecule has 24 heavy (non-hydrogen) atoms. The second kappa shape index (κ2) is 6.86. The summed E-state index contributed by atoms with van der Waals surface area (Å²) in [6.07, 6.45) is 2.31. The zero-order chi connectivity index (χ0) is 17.9. The second-order valence-corrected chi connectivity index (χ2v) is 6.27. The molecule has 6 heteroatoms. The number of anilines is 1. The molecule has 0 saturated carbocycles. The van der Waals surface area contributed by atoms with Crippen LogP contribution in [0.2, 0.25) is 0 Å². The van der Waals surface area contributed by atoms with Gasteiger partial charge in [-0.1, -0.05) is 19.9 Å². The van der Waals surface area contributed by atoms with Crippen molar-refractivity contribution in [1.82, 2.24) is 0 Å². The van der Waals surface area contributed by atoms with Gasteiger partial charge in [0.05, 0.1) is 20.3 Å². The fraction of sp³-hybridized carbons (Fsp3) is 0.389. The molecular weight excluding hydrogens is 310 g/mol. The van der Waals surface area contributed by atoms with Gasteiger partial charge in [0.25, 0.3) is 0 Å². The molecule has 1 aromatic carbocycles. The molecule has 1 aliphatic rings. The van der Waals surface area contributed by atoms with Gasteiger partial charge in [-0.2, -0.15) is 0 Å². The Bertz CT molecular complexity index is 718. The summed E-state index contributed by atoms with van der Waals surface area (Å²) in [7, 11) is 2.43. The standard InChI is InChI=1S/C18H21NO5/c1-18(2)8-7-15(20)12-9-11(5-6-13(12)18)19-14(17(22)24-4)10-16(21)23-3/h5-6,9-10,19H,7-8H2,1-4H3/b14-10+. The number of carbonyl (C=O) groups excluding carboxylic acids is 3. The molecule has 0 spiro atoms. The second-order valence-electron chi connectivity index (χ2n) is 6.27. The van der Waals surface area contributed by atoms with Gasteiger partial charge >= 0.3 is 11.9 Å². The van der Waals surface area contributed by atoms with Gasteiger partial charge in [0.15, 0.2) is 5.78 Å². The SMILES string of the molecule is COC(=O)/C=C(/Nc1ccc2c(c1)C(=O)CCC2(C)C)C(=O)OC. The fourth-order valence-corrected chi connectivity index (χ4v) is 2.73.